The van der Waals surface area contributed by atoms with Crippen LogP contribution in [0.5, 0.6) is 11.5 Å². The molecule has 0 aliphatic carbocycles. The van der Waals surface area contributed by atoms with Gasteiger partial charge in [-0.05, 0) is 37.5 Å². The highest BCUT2D eigenvalue weighted by Gasteiger charge is 2.35. The Bertz CT molecular complexity index is 1180. The molecule has 1 atom stereocenters. The van der Waals surface area contributed by atoms with Gasteiger partial charge in [0.25, 0.3) is 5.91 Å². The summed E-state index contributed by atoms with van der Waals surface area (Å²) in [4.78, 5) is 24.5. The number of hydrogen-bond acceptors (Lipinski definition) is 6. The molecule has 0 unspecified atom stereocenters. The molecule has 0 radical (unpaired) electrons. The second-order valence-corrected chi connectivity index (χ2v) is 10.1. The van der Waals surface area contributed by atoms with Crippen LogP contribution < -0.4 is 20.1 Å². The molecule has 9 nitrogen and oxygen atoms in total. The van der Waals surface area contributed by atoms with Crippen molar-refractivity contribution in [3.63, 3.8) is 0 Å². The van der Waals surface area contributed by atoms with E-state index in [0.29, 0.717) is 48.7 Å². The lowest BCUT2D eigenvalue weighted by Gasteiger charge is -2.32. The molecular weight excluding hydrogens is 446 g/mol. The van der Waals surface area contributed by atoms with Gasteiger partial charge >= 0.3 is 0 Å². The van der Waals surface area contributed by atoms with Crippen molar-refractivity contribution in [1.29, 1.82) is 0 Å². The van der Waals surface area contributed by atoms with Crippen LogP contribution in [0.1, 0.15) is 24.0 Å². The van der Waals surface area contributed by atoms with Gasteiger partial charge in [-0.2, -0.15) is 4.31 Å². The summed E-state index contributed by atoms with van der Waals surface area (Å²) in [5.41, 5.74) is 1.81. The Balaban J connectivity index is 1.47. The lowest BCUT2D eigenvalue weighted by Crippen LogP contribution is -2.45. The predicted molar refractivity (Wildman–Crippen MR) is 122 cm³/mol. The molecule has 0 spiro atoms. The molecule has 1 saturated heterocycles. The van der Waals surface area contributed by atoms with Gasteiger partial charge in [-0.15, -0.1) is 0 Å². The number of sulfonamides is 1. The van der Waals surface area contributed by atoms with Gasteiger partial charge < -0.3 is 20.1 Å². The molecule has 2 aromatic carbocycles. The maximum absolute atomic E-state index is 13.4. The van der Waals surface area contributed by atoms with E-state index in [4.69, 9.17) is 9.47 Å². The van der Waals surface area contributed by atoms with E-state index in [9.17, 15) is 18.0 Å². The third-order valence-electron chi connectivity index (χ3n) is 5.93. The van der Waals surface area contributed by atoms with E-state index < -0.39 is 15.9 Å². The Hall–Kier alpha value is -3.11. The monoisotopic (exact) mass is 473 g/mol. The normalized spacial score (nSPS) is 18.6. The highest BCUT2D eigenvalue weighted by atomic mass is 32.2. The summed E-state index contributed by atoms with van der Waals surface area (Å²) in [6, 6.07) is 10.5. The van der Waals surface area contributed by atoms with Crippen molar-refractivity contribution in [3.8, 4) is 11.5 Å². The van der Waals surface area contributed by atoms with Gasteiger partial charge in [-0.3, -0.25) is 9.59 Å². The zero-order valence-electron chi connectivity index (χ0n) is 18.6. The summed E-state index contributed by atoms with van der Waals surface area (Å²) in [5.74, 6) is 0.0926. The van der Waals surface area contributed by atoms with Gasteiger partial charge in [0.1, 0.15) is 11.5 Å². The minimum Gasteiger partial charge on any atom is -0.496 e. The number of methoxy groups -OCH3 is 1. The molecule has 1 fully saturated rings. The molecule has 10 heteroatoms. The molecule has 2 N–H and O–H groups in total. The number of fused-ring (bicyclic) bond motifs is 1. The van der Waals surface area contributed by atoms with Gasteiger partial charge in [0.05, 0.1) is 23.6 Å². The number of rotatable bonds is 6. The zero-order valence-corrected chi connectivity index (χ0v) is 19.4. The van der Waals surface area contributed by atoms with Crippen LogP contribution in [-0.2, 0) is 26.2 Å². The summed E-state index contributed by atoms with van der Waals surface area (Å²) in [5, 5.41) is 5.59. The molecule has 0 bridgehead atoms. The van der Waals surface area contributed by atoms with Crippen molar-refractivity contribution in [2.75, 3.05) is 32.1 Å². The number of para-hydroxylation sites is 1. The fourth-order valence-corrected chi connectivity index (χ4v) is 5.93. The molecule has 0 saturated carbocycles. The first-order valence-corrected chi connectivity index (χ1v) is 12.2. The van der Waals surface area contributed by atoms with Crippen LogP contribution in [0.4, 0.5) is 5.69 Å². The summed E-state index contributed by atoms with van der Waals surface area (Å²) < 4.78 is 38.9. The molecular formula is C23H27N3O6S. The standard InChI is InChI=1S/C23H27N3O6S/c1-15-10-18-20(32-14-22(27)25-18)11-21(15)33(29,30)26-9-5-7-17(13-26)23(28)24-12-16-6-3-4-8-19(16)31-2/h3-4,6,8,10-11,17H,5,7,9,12-14H2,1-2H3,(H,24,28)(H,25,27)/t17-/m0/s1. The number of nitrogens with zero attached hydrogens (tertiary/aromatic N) is 1. The van der Waals surface area contributed by atoms with Crippen molar-refractivity contribution in [2.45, 2.75) is 31.2 Å². The van der Waals surface area contributed by atoms with Gasteiger partial charge in [0.2, 0.25) is 15.9 Å². The summed E-state index contributed by atoms with van der Waals surface area (Å²) in [7, 11) is -2.27. The van der Waals surface area contributed by atoms with Crippen LogP contribution in [0.25, 0.3) is 0 Å². The SMILES string of the molecule is COc1ccccc1CNC(=O)[C@H]1CCCN(S(=O)(=O)c2cc3c(cc2C)NC(=O)CO3)C1. The third kappa shape index (κ3) is 4.81. The van der Waals surface area contributed by atoms with Crippen molar-refractivity contribution >= 4 is 27.5 Å². The lowest BCUT2D eigenvalue weighted by atomic mass is 9.98. The van der Waals surface area contributed by atoms with Crippen LogP contribution in [-0.4, -0.2) is 51.3 Å². The molecule has 4 rings (SSSR count). The largest absolute Gasteiger partial charge is 0.496 e. The number of aryl methyl sites for hydroxylation is 1. The number of amides is 2. The number of hydrogen-bond donors (Lipinski definition) is 2. The first-order chi connectivity index (χ1) is 15.8. The van der Waals surface area contributed by atoms with Crippen molar-refractivity contribution in [2.24, 2.45) is 5.92 Å². The van der Waals surface area contributed by atoms with Crippen LogP contribution in [0.3, 0.4) is 0 Å². The number of nitrogens with one attached hydrogen (secondary N) is 2. The minimum atomic E-state index is -3.84. The maximum Gasteiger partial charge on any atom is 0.262 e. The van der Waals surface area contributed by atoms with Crippen LogP contribution in [0, 0.1) is 12.8 Å². The van der Waals surface area contributed by atoms with Gasteiger partial charge in [0.15, 0.2) is 6.61 Å². The lowest BCUT2D eigenvalue weighted by molar-refractivity contribution is -0.126. The van der Waals surface area contributed by atoms with E-state index in [1.807, 2.05) is 24.3 Å². The maximum atomic E-state index is 13.4. The van der Waals surface area contributed by atoms with E-state index in [1.165, 1.54) is 10.4 Å². The number of anilines is 1. The van der Waals surface area contributed by atoms with Crippen molar-refractivity contribution in [1.82, 2.24) is 9.62 Å². The van der Waals surface area contributed by atoms with Crippen molar-refractivity contribution < 1.29 is 27.5 Å². The Morgan fingerprint density at radius 2 is 2.09 bits per heavy atom. The summed E-state index contributed by atoms with van der Waals surface area (Å²) in [6.07, 6.45) is 1.20. The highest BCUT2D eigenvalue weighted by molar-refractivity contribution is 7.89. The highest BCUT2D eigenvalue weighted by Crippen LogP contribution is 2.35. The number of benzene rings is 2. The molecule has 2 aliphatic heterocycles. The van der Waals surface area contributed by atoms with Gasteiger partial charge in [-0.1, -0.05) is 18.2 Å². The topological polar surface area (TPSA) is 114 Å². The molecule has 2 heterocycles. The van der Waals surface area contributed by atoms with E-state index >= 15 is 0 Å². The minimum absolute atomic E-state index is 0.105. The quantitative estimate of drug-likeness (QED) is 0.664. The molecule has 2 amide bonds. The number of carbonyl (C=O) groups is 2. The summed E-state index contributed by atoms with van der Waals surface area (Å²) >= 11 is 0. The van der Waals surface area contributed by atoms with Crippen LogP contribution in [0.15, 0.2) is 41.3 Å². The predicted octanol–water partition coefficient (Wildman–Crippen LogP) is 2.05. The molecule has 2 aromatic rings. The zero-order chi connectivity index (χ0) is 23.6. The molecule has 176 valence electrons. The number of carbonyl (C=O) groups excluding carboxylic acids is 2. The second kappa shape index (κ2) is 9.40. The Morgan fingerprint density at radius 3 is 2.88 bits per heavy atom. The van der Waals surface area contributed by atoms with E-state index in [2.05, 4.69) is 10.6 Å². The fraction of sp³-hybridized carbons (Fsp3) is 0.391. The van der Waals surface area contributed by atoms with E-state index in [0.717, 1.165) is 5.56 Å². The van der Waals surface area contributed by atoms with Crippen LogP contribution >= 0.6 is 0 Å². The van der Waals surface area contributed by atoms with E-state index in [-0.39, 0.29) is 29.9 Å². The Labute approximate surface area is 193 Å². The average molecular weight is 474 g/mol. The Kier molecular flexibility index (Phi) is 6.57. The van der Waals surface area contributed by atoms with Gasteiger partial charge in [-0.25, -0.2) is 8.42 Å². The average Bonchev–Trinajstić information content (AvgIpc) is 2.82. The second-order valence-electron chi connectivity index (χ2n) is 8.18. The summed E-state index contributed by atoms with van der Waals surface area (Å²) in [6.45, 7) is 2.27. The smallest absolute Gasteiger partial charge is 0.262 e. The van der Waals surface area contributed by atoms with E-state index in [1.54, 1.807) is 20.1 Å². The third-order valence-corrected chi connectivity index (χ3v) is 7.94. The molecule has 2 aliphatic rings. The first-order valence-electron chi connectivity index (χ1n) is 10.8. The van der Waals surface area contributed by atoms with Crippen molar-refractivity contribution in [3.05, 3.63) is 47.5 Å². The molecule has 0 aromatic heterocycles. The Morgan fingerprint density at radius 1 is 1.30 bits per heavy atom. The first kappa shape index (κ1) is 23.1. The number of piperidine rings is 1. The molecule has 33 heavy (non-hydrogen) atoms. The van der Waals surface area contributed by atoms with Crippen LogP contribution in [0.2, 0.25) is 0 Å². The fourth-order valence-electron chi connectivity index (χ4n) is 4.18. The number of ether oxygens (including phenoxy) is 2. The van der Waals surface area contributed by atoms with Gasteiger partial charge in [0, 0.05) is 31.3 Å².